The number of ether oxygens (including phenoxy) is 2. The SMILES string of the molecule is COc1ccc([C@@H](O)c2ccc(C)c(N)c2)c(OC)c1. The molecule has 0 heterocycles. The number of nitrogen functional groups attached to an aromatic ring is 1. The van der Waals surface area contributed by atoms with Gasteiger partial charge in [0.1, 0.15) is 17.6 Å². The van der Waals surface area contributed by atoms with Gasteiger partial charge in [-0.2, -0.15) is 0 Å². The van der Waals surface area contributed by atoms with Gasteiger partial charge in [0.05, 0.1) is 14.2 Å². The van der Waals surface area contributed by atoms with Crippen molar-refractivity contribution in [3.05, 3.63) is 53.1 Å². The molecule has 20 heavy (non-hydrogen) atoms. The summed E-state index contributed by atoms with van der Waals surface area (Å²) in [6, 6.07) is 10.9. The van der Waals surface area contributed by atoms with Crippen molar-refractivity contribution in [2.75, 3.05) is 20.0 Å². The molecule has 4 nitrogen and oxygen atoms in total. The molecule has 0 radical (unpaired) electrons. The predicted molar refractivity (Wildman–Crippen MR) is 79.2 cm³/mol. The molecule has 2 aromatic carbocycles. The third kappa shape index (κ3) is 2.70. The topological polar surface area (TPSA) is 64.7 Å². The highest BCUT2D eigenvalue weighted by Crippen LogP contribution is 2.33. The van der Waals surface area contributed by atoms with Gasteiger partial charge in [0.15, 0.2) is 0 Å². The van der Waals surface area contributed by atoms with Crippen molar-refractivity contribution in [2.45, 2.75) is 13.0 Å². The maximum atomic E-state index is 10.5. The summed E-state index contributed by atoms with van der Waals surface area (Å²) in [5, 5.41) is 10.5. The second-order valence-corrected chi connectivity index (χ2v) is 4.63. The van der Waals surface area contributed by atoms with Gasteiger partial charge >= 0.3 is 0 Å². The van der Waals surface area contributed by atoms with E-state index in [0.717, 1.165) is 11.1 Å². The molecule has 0 aliphatic heterocycles. The van der Waals surface area contributed by atoms with Crippen molar-refractivity contribution >= 4 is 5.69 Å². The number of aliphatic hydroxyl groups is 1. The second kappa shape index (κ2) is 5.84. The highest BCUT2D eigenvalue weighted by atomic mass is 16.5. The van der Waals surface area contributed by atoms with E-state index in [1.807, 2.05) is 19.1 Å². The smallest absolute Gasteiger partial charge is 0.128 e. The maximum Gasteiger partial charge on any atom is 0.128 e. The summed E-state index contributed by atoms with van der Waals surface area (Å²) in [5.41, 5.74) is 8.95. The standard InChI is InChI=1S/C16H19NO3/c1-10-4-5-11(8-14(10)17)16(18)13-7-6-12(19-2)9-15(13)20-3/h4-9,16,18H,17H2,1-3H3/t16-/m0/s1. The van der Waals surface area contributed by atoms with Crippen LogP contribution in [0.3, 0.4) is 0 Å². The molecule has 2 aromatic rings. The molecule has 0 spiro atoms. The Labute approximate surface area is 118 Å². The van der Waals surface area contributed by atoms with Crippen molar-refractivity contribution in [3.63, 3.8) is 0 Å². The Bertz CT molecular complexity index is 611. The molecule has 0 unspecified atom stereocenters. The van der Waals surface area contributed by atoms with Gasteiger partial charge in [-0.3, -0.25) is 0 Å². The van der Waals surface area contributed by atoms with Crippen LogP contribution in [-0.2, 0) is 0 Å². The van der Waals surface area contributed by atoms with Crippen LogP contribution in [0, 0.1) is 6.92 Å². The molecule has 2 rings (SSSR count). The number of aliphatic hydroxyl groups excluding tert-OH is 1. The summed E-state index contributed by atoms with van der Waals surface area (Å²) in [6.07, 6.45) is -0.793. The van der Waals surface area contributed by atoms with Crippen molar-refractivity contribution in [2.24, 2.45) is 0 Å². The molecule has 0 saturated carbocycles. The Morgan fingerprint density at radius 2 is 1.80 bits per heavy atom. The van der Waals surface area contributed by atoms with E-state index in [2.05, 4.69) is 0 Å². The number of rotatable bonds is 4. The first kappa shape index (κ1) is 14.2. The fourth-order valence-corrected chi connectivity index (χ4v) is 2.05. The molecule has 0 aromatic heterocycles. The first-order valence-electron chi connectivity index (χ1n) is 6.33. The van der Waals surface area contributed by atoms with Crippen LogP contribution < -0.4 is 15.2 Å². The fourth-order valence-electron chi connectivity index (χ4n) is 2.05. The quantitative estimate of drug-likeness (QED) is 0.841. The first-order chi connectivity index (χ1) is 9.56. The normalized spacial score (nSPS) is 12.0. The van der Waals surface area contributed by atoms with Crippen LogP contribution in [0.25, 0.3) is 0 Å². The number of aryl methyl sites for hydroxylation is 1. The van der Waals surface area contributed by atoms with Gasteiger partial charge in [0.2, 0.25) is 0 Å². The minimum Gasteiger partial charge on any atom is -0.497 e. The molecular weight excluding hydrogens is 254 g/mol. The van der Waals surface area contributed by atoms with E-state index in [1.165, 1.54) is 0 Å². The number of anilines is 1. The largest absolute Gasteiger partial charge is 0.497 e. The zero-order valence-corrected chi connectivity index (χ0v) is 11.9. The van der Waals surface area contributed by atoms with Gasteiger partial charge < -0.3 is 20.3 Å². The van der Waals surface area contributed by atoms with Crippen molar-refractivity contribution in [3.8, 4) is 11.5 Å². The summed E-state index contributed by atoms with van der Waals surface area (Å²) in [4.78, 5) is 0. The zero-order valence-electron chi connectivity index (χ0n) is 11.9. The van der Waals surface area contributed by atoms with Gasteiger partial charge in [-0.15, -0.1) is 0 Å². The minimum atomic E-state index is -0.793. The molecule has 0 aliphatic carbocycles. The highest BCUT2D eigenvalue weighted by Gasteiger charge is 2.16. The molecule has 0 amide bonds. The maximum absolute atomic E-state index is 10.5. The number of benzene rings is 2. The van der Waals surface area contributed by atoms with E-state index < -0.39 is 6.10 Å². The average Bonchev–Trinajstić information content (AvgIpc) is 2.48. The van der Waals surface area contributed by atoms with Gasteiger partial charge in [-0.05, 0) is 36.2 Å². The van der Waals surface area contributed by atoms with Crippen molar-refractivity contribution in [1.29, 1.82) is 0 Å². The Morgan fingerprint density at radius 1 is 1.05 bits per heavy atom. The van der Waals surface area contributed by atoms with E-state index in [9.17, 15) is 5.11 Å². The van der Waals surface area contributed by atoms with E-state index in [4.69, 9.17) is 15.2 Å². The number of hydrogen-bond acceptors (Lipinski definition) is 4. The lowest BCUT2D eigenvalue weighted by molar-refractivity contribution is 0.214. The number of hydrogen-bond donors (Lipinski definition) is 2. The van der Waals surface area contributed by atoms with Gasteiger partial charge in [-0.1, -0.05) is 12.1 Å². The molecule has 3 N–H and O–H groups in total. The lowest BCUT2D eigenvalue weighted by Crippen LogP contribution is -2.04. The second-order valence-electron chi connectivity index (χ2n) is 4.63. The van der Waals surface area contributed by atoms with E-state index in [-0.39, 0.29) is 0 Å². The summed E-state index contributed by atoms with van der Waals surface area (Å²) in [6.45, 7) is 1.93. The molecular formula is C16H19NO3. The molecule has 1 atom stereocenters. The van der Waals surface area contributed by atoms with Crippen LogP contribution in [0.1, 0.15) is 22.8 Å². The molecule has 0 aliphatic rings. The number of methoxy groups -OCH3 is 2. The third-order valence-corrected chi connectivity index (χ3v) is 3.35. The van der Waals surface area contributed by atoms with Crippen LogP contribution in [0.4, 0.5) is 5.69 Å². The van der Waals surface area contributed by atoms with E-state index in [1.54, 1.807) is 38.5 Å². The predicted octanol–water partition coefficient (Wildman–Crippen LogP) is 2.68. The summed E-state index contributed by atoms with van der Waals surface area (Å²) >= 11 is 0. The highest BCUT2D eigenvalue weighted by molar-refractivity contribution is 5.52. The van der Waals surface area contributed by atoms with Crippen LogP contribution >= 0.6 is 0 Å². The first-order valence-corrected chi connectivity index (χ1v) is 6.33. The number of nitrogens with two attached hydrogens (primary N) is 1. The fraction of sp³-hybridized carbons (Fsp3) is 0.250. The Hall–Kier alpha value is -2.20. The monoisotopic (exact) mass is 273 g/mol. The summed E-state index contributed by atoms with van der Waals surface area (Å²) in [5.74, 6) is 1.26. The lowest BCUT2D eigenvalue weighted by Gasteiger charge is -2.17. The van der Waals surface area contributed by atoms with Gasteiger partial charge in [0, 0.05) is 17.3 Å². The van der Waals surface area contributed by atoms with Crippen LogP contribution in [0.2, 0.25) is 0 Å². The summed E-state index contributed by atoms with van der Waals surface area (Å²) in [7, 11) is 3.15. The van der Waals surface area contributed by atoms with Gasteiger partial charge in [-0.25, -0.2) is 0 Å². The van der Waals surface area contributed by atoms with Crippen molar-refractivity contribution in [1.82, 2.24) is 0 Å². The van der Waals surface area contributed by atoms with E-state index in [0.29, 0.717) is 22.7 Å². The van der Waals surface area contributed by atoms with Crippen molar-refractivity contribution < 1.29 is 14.6 Å². The molecule has 0 fully saturated rings. The van der Waals surface area contributed by atoms with E-state index >= 15 is 0 Å². The molecule has 106 valence electrons. The lowest BCUT2D eigenvalue weighted by atomic mass is 9.98. The van der Waals surface area contributed by atoms with Crippen LogP contribution in [-0.4, -0.2) is 19.3 Å². The average molecular weight is 273 g/mol. The Morgan fingerprint density at radius 3 is 2.40 bits per heavy atom. The van der Waals surface area contributed by atoms with Crippen LogP contribution in [0.5, 0.6) is 11.5 Å². The minimum absolute atomic E-state index is 0.580. The molecule has 0 saturated heterocycles. The van der Waals surface area contributed by atoms with Gasteiger partial charge in [0.25, 0.3) is 0 Å². The zero-order chi connectivity index (χ0) is 14.7. The Kier molecular flexibility index (Phi) is 4.15. The Balaban J connectivity index is 2.41. The summed E-state index contributed by atoms with van der Waals surface area (Å²) < 4.78 is 10.5. The molecule has 4 heteroatoms. The third-order valence-electron chi connectivity index (χ3n) is 3.35. The van der Waals surface area contributed by atoms with Crippen LogP contribution in [0.15, 0.2) is 36.4 Å². The molecule has 0 bridgehead atoms.